The van der Waals surface area contributed by atoms with E-state index >= 15 is 0 Å². The molecule has 2 aliphatic rings. The van der Waals surface area contributed by atoms with Crippen LogP contribution in [0.1, 0.15) is 33.1 Å². The lowest BCUT2D eigenvalue weighted by molar-refractivity contribution is 0.326. The standard InChI is InChI=1S/C10H21N3O2S.ClH/c1-10(2,11)7-12-16(14,15)13-6-8-3-4-9(13)5-8;/h8-9,12H,3-7,11H2,1-2H3;1H. The Morgan fingerprint density at radius 1 is 1.41 bits per heavy atom. The third-order valence-electron chi connectivity index (χ3n) is 3.38. The van der Waals surface area contributed by atoms with Crippen LogP contribution < -0.4 is 10.5 Å². The lowest BCUT2D eigenvalue weighted by atomic mass is 10.1. The van der Waals surface area contributed by atoms with Crippen LogP contribution in [0, 0.1) is 5.92 Å². The predicted molar refractivity (Wildman–Crippen MR) is 70.3 cm³/mol. The van der Waals surface area contributed by atoms with E-state index in [0.717, 1.165) is 12.8 Å². The Kier molecular flexibility index (Phi) is 4.47. The highest BCUT2D eigenvalue weighted by atomic mass is 35.5. The Hall–Kier alpha value is 0.120. The number of nitrogens with zero attached hydrogens (tertiary/aromatic N) is 1. The van der Waals surface area contributed by atoms with Crippen molar-refractivity contribution in [2.24, 2.45) is 11.7 Å². The maximum Gasteiger partial charge on any atom is 0.279 e. The molecule has 1 saturated heterocycles. The highest BCUT2D eigenvalue weighted by Gasteiger charge is 2.43. The van der Waals surface area contributed by atoms with Crippen molar-refractivity contribution in [2.75, 3.05) is 13.1 Å². The van der Waals surface area contributed by atoms with Gasteiger partial charge >= 0.3 is 0 Å². The van der Waals surface area contributed by atoms with Crippen LogP contribution in [0.2, 0.25) is 0 Å². The molecule has 1 heterocycles. The highest BCUT2D eigenvalue weighted by Crippen LogP contribution is 2.38. The molecule has 0 amide bonds. The summed E-state index contributed by atoms with van der Waals surface area (Å²) in [5.41, 5.74) is 5.26. The van der Waals surface area contributed by atoms with Crippen LogP contribution in [0.5, 0.6) is 0 Å². The number of piperidine rings is 1. The van der Waals surface area contributed by atoms with E-state index in [4.69, 9.17) is 5.73 Å². The number of halogens is 1. The SMILES string of the molecule is CC(C)(N)CNS(=O)(=O)N1CC2CCC1C2.Cl. The zero-order valence-corrected chi connectivity index (χ0v) is 12.0. The van der Waals surface area contributed by atoms with E-state index in [1.807, 2.05) is 13.8 Å². The summed E-state index contributed by atoms with van der Waals surface area (Å²) in [6.07, 6.45) is 3.23. The molecule has 1 aliphatic carbocycles. The van der Waals surface area contributed by atoms with Crippen LogP contribution in [0.3, 0.4) is 0 Å². The minimum absolute atomic E-state index is 0. The average molecular weight is 284 g/mol. The van der Waals surface area contributed by atoms with Gasteiger partial charge < -0.3 is 5.73 Å². The first-order chi connectivity index (χ1) is 7.28. The molecule has 2 atom stereocenters. The van der Waals surface area contributed by atoms with Crippen molar-refractivity contribution in [3.05, 3.63) is 0 Å². The van der Waals surface area contributed by atoms with Crippen molar-refractivity contribution in [2.45, 2.75) is 44.7 Å². The third-order valence-corrected chi connectivity index (χ3v) is 4.95. The Morgan fingerprint density at radius 3 is 2.47 bits per heavy atom. The first kappa shape index (κ1) is 15.2. The molecule has 17 heavy (non-hydrogen) atoms. The molecule has 0 aromatic rings. The fourth-order valence-electron chi connectivity index (χ4n) is 2.53. The van der Waals surface area contributed by atoms with Crippen LogP contribution in [-0.2, 0) is 10.2 Å². The second-order valence-corrected chi connectivity index (χ2v) is 7.43. The minimum atomic E-state index is -3.32. The molecule has 0 aromatic heterocycles. The summed E-state index contributed by atoms with van der Waals surface area (Å²) in [5.74, 6) is 0.576. The molecule has 1 aliphatic heterocycles. The lowest BCUT2D eigenvalue weighted by Crippen LogP contribution is -2.51. The molecule has 5 nitrogen and oxygen atoms in total. The molecule has 2 fully saturated rings. The van der Waals surface area contributed by atoms with E-state index in [-0.39, 0.29) is 25.0 Å². The first-order valence-corrected chi connectivity index (χ1v) is 7.27. The monoisotopic (exact) mass is 283 g/mol. The van der Waals surface area contributed by atoms with Gasteiger partial charge in [0.2, 0.25) is 0 Å². The van der Waals surface area contributed by atoms with Crippen molar-refractivity contribution >= 4 is 22.6 Å². The fourth-order valence-corrected chi connectivity index (χ4v) is 4.25. The molecule has 0 aromatic carbocycles. The van der Waals surface area contributed by atoms with E-state index in [1.54, 1.807) is 4.31 Å². The zero-order chi connectivity index (χ0) is 12.0. The summed E-state index contributed by atoms with van der Waals surface area (Å²) in [6, 6.07) is 0.225. The molecular weight excluding hydrogens is 262 g/mol. The summed E-state index contributed by atoms with van der Waals surface area (Å²) in [6.45, 7) is 4.59. The van der Waals surface area contributed by atoms with Crippen molar-refractivity contribution in [1.29, 1.82) is 0 Å². The van der Waals surface area contributed by atoms with Crippen molar-refractivity contribution in [3.8, 4) is 0 Å². The van der Waals surface area contributed by atoms with E-state index in [1.165, 1.54) is 6.42 Å². The summed E-state index contributed by atoms with van der Waals surface area (Å²) >= 11 is 0. The van der Waals surface area contributed by atoms with Gasteiger partial charge in [-0.25, -0.2) is 4.72 Å². The van der Waals surface area contributed by atoms with E-state index in [9.17, 15) is 8.42 Å². The second kappa shape index (κ2) is 5.01. The van der Waals surface area contributed by atoms with E-state index < -0.39 is 15.7 Å². The maximum atomic E-state index is 12.0. The molecule has 2 bridgehead atoms. The minimum Gasteiger partial charge on any atom is -0.324 e. The molecular formula is C10H22ClN3O2S. The lowest BCUT2D eigenvalue weighted by Gasteiger charge is -2.28. The molecule has 7 heteroatoms. The Balaban J connectivity index is 0.00000144. The molecule has 2 rings (SSSR count). The van der Waals surface area contributed by atoms with Crippen molar-refractivity contribution in [1.82, 2.24) is 9.03 Å². The molecule has 3 N–H and O–H groups in total. The largest absolute Gasteiger partial charge is 0.324 e. The smallest absolute Gasteiger partial charge is 0.279 e. The van der Waals surface area contributed by atoms with Gasteiger partial charge in [0.05, 0.1) is 0 Å². The first-order valence-electron chi connectivity index (χ1n) is 5.83. The molecule has 2 unspecified atom stereocenters. The Labute approximate surface area is 110 Å². The van der Waals surface area contributed by atoms with Crippen LogP contribution in [-0.4, -0.2) is 37.4 Å². The summed E-state index contributed by atoms with van der Waals surface area (Å²) in [4.78, 5) is 0. The van der Waals surface area contributed by atoms with Crippen LogP contribution in [0.15, 0.2) is 0 Å². The van der Waals surface area contributed by atoms with Crippen LogP contribution in [0.25, 0.3) is 0 Å². The number of rotatable bonds is 4. The van der Waals surface area contributed by atoms with Gasteiger partial charge in [0.15, 0.2) is 0 Å². The van der Waals surface area contributed by atoms with Gasteiger partial charge in [-0.1, -0.05) is 0 Å². The van der Waals surface area contributed by atoms with Gasteiger partial charge in [0, 0.05) is 24.7 Å². The Morgan fingerprint density at radius 2 is 2.06 bits per heavy atom. The van der Waals surface area contributed by atoms with Gasteiger partial charge in [-0.2, -0.15) is 12.7 Å². The summed E-state index contributed by atoms with van der Waals surface area (Å²) in [5, 5.41) is 0. The molecule has 0 radical (unpaired) electrons. The van der Waals surface area contributed by atoms with Gasteiger partial charge in [0.1, 0.15) is 0 Å². The van der Waals surface area contributed by atoms with Crippen molar-refractivity contribution < 1.29 is 8.42 Å². The van der Waals surface area contributed by atoms with E-state index in [2.05, 4.69) is 4.72 Å². The molecule has 1 saturated carbocycles. The number of nitrogens with one attached hydrogen (secondary N) is 1. The Bertz CT molecular complexity index is 366. The average Bonchev–Trinajstić information content (AvgIpc) is 2.74. The highest BCUT2D eigenvalue weighted by molar-refractivity contribution is 7.87. The number of hydrogen-bond donors (Lipinski definition) is 2. The molecule has 0 spiro atoms. The fraction of sp³-hybridized carbons (Fsp3) is 1.00. The van der Waals surface area contributed by atoms with Crippen LogP contribution in [0.4, 0.5) is 0 Å². The molecule has 102 valence electrons. The van der Waals surface area contributed by atoms with Crippen molar-refractivity contribution in [3.63, 3.8) is 0 Å². The maximum absolute atomic E-state index is 12.0. The number of fused-ring (bicyclic) bond motifs is 2. The normalized spacial score (nSPS) is 29.4. The van der Waals surface area contributed by atoms with Gasteiger partial charge in [0.25, 0.3) is 10.2 Å². The number of nitrogens with two attached hydrogens (primary N) is 1. The summed E-state index contributed by atoms with van der Waals surface area (Å²) in [7, 11) is -3.32. The quantitative estimate of drug-likeness (QED) is 0.787. The third kappa shape index (κ3) is 3.54. The van der Waals surface area contributed by atoms with Gasteiger partial charge in [-0.05, 0) is 39.0 Å². The zero-order valence-electron chi connectivity index (χ0n) is 10.3. The van der Waals surface area contributed by atoms with E-state index in [0.29, 0.717) is 12.5 Å². The van der Waals surface area contributed by atoms with Gasteiger partial charge in [-0.3, -0.25) is 0 Å². The van der Waals surface area contributed by atoms with Gasteiger partial charge in [-0.15, -0.1) is 12.4 Å². The second-order valence-electron chi connectivity index (χ2n) is 5.72. The van der Waals surface area contributed by atoms with Crippen LogP contribution >= 0.6 is 12.4 Å². The predicted octanol–water partition coefficient (Wildman–Crippen LogP) is 0.464. The number of hydrogen-bond acceptors (Lipinski definition) is 3. The summed E-state index contributed by atoms with van der Waals surface area (Å²) < 4.78 is 28.3. The topological polar surface area (TPSA) is 75.4 Å².